The van der Waals surface area contributed by atoms with Gasteiger partial charge in [-0.05, 0) is 55.5 Å². The molecule has 0 atom stereocenters. The van der Waals surface area contributed by atoms with Gasteiger partial charge in [0.1, 0.15) is 0 Å². The summed E-state index contributed by atoms with van der Waals surface area (Å²) in [7, 11) is 0. The van der Waals surface area contributed by atoms with Crippen molar-refractivity contribution in [2.75, 3.05) is 6.61 Å². The Bertz CT molecular complexity index is 573. The van der Waals surface area contributed by atoms with Crippen LogP contribution in [-0.4, -0.2) is 16.4 Å². The van der Waals surface area contributed by atoms with Crippen molar-refractivity contribution in [2.24, 2.45) is 0 Å². The standard InChI is InChI=1S/C15H13Cl2NO2S2/c1-2-20-15(19)18(21-13-7-3-11(16)4-8-13)22-14-9-5-12(17)6-10-14/h3-10H,2H2,1H3. The highest BCUT2D eigenvalue weighted by molar-refractivity contribution is 8.12. The predicted octanol–water partition coefficient (Wildman–Crippen LogP) is 6.17. The van der Waals surface area contributed by atoms with Crippen LogP contribution in [0, 0.1) is 0 Å². The van der Waals surface area contributed by atoms with E-state index in [0.29, 0.717) is 16.7 Å². The smallest absolute Gasteiger partial charge is 0.430 e. The van der Waals surface area contributed by atoms with Gasteiger partial charge in [0, 0.05) is 43.7 Å². The Labute approximate surface area is 148 Å². The molecule has 0 bridgehead atoms. The van der Waals surface area contributed by atoms with Crippen LogP contribution in [0.5, 0.6) is 0 Å². The lowest BCUT2D eigenvalue weighted by molar-refractivity contribution is 0.148. The van der Waals surface area contributed by atoms with Crippen molar-refractivity contribution in [1.82, 2.24) is 3.71 Å². The van der Waals surface area contributed by atoms with E-state index in [4.69, 9.17) is 27.9 Å². The Morgan fingerprint density at radius 2 is 1.36 bits per heavy atom. The quantitative estimate of drug-likeness (QED) is 0.586. The fourth-order valence-electron chi connectivity index (χ4n) is 1.45. The molecule has 0 N–H and O–H groups in total. The van der Waals surface area contributed by atoms with Gasteiger partial charge in [-0.1, -0.05) is 23.2 Å². The van der Waals surface area contributed by atoms with Crippen molar-refractivity contribution in [3.8, 4) is 0 Å². The topological polar surface area (TPSA) is 29.5 Å². The number of carbonyl (C=O) groups is 1. The minimum Gasteiger partial charge on any atom is -0.448 e. The fourth-order valence-corrected chi connectivity index (χ4v) is 3.52. The molecule has 0 aliphatic carbocycles. The van der Waals surface area contributed by atoms with Crippen LogP contribution in [0.3, 0.4) is 0 Å². The van der Waals surface area contributed by atoms with Gasteiger partial charge in [-0.3, -0.25) is 0 Å². The molecule has 0 fully saturated rings. The van der Waals surface area contributed by atoms with Gasteiger partial charge >= 0.3 is 6.09 Å². The summed E-state index contributed by atoms with van der Waals surface area (Å²) in [5, 5.41) is 1.30. The van der Waals surface area contributed by atoms with Crippen LogP contribution in [0.15, 0.2) is 58.3 Å². The summed E-state index contributed by atoms with van der Waals surface area (Å²) in [5.41, 5.74) is 0. The Balaban J connectivity index is 2.13. The van der Waals surface area contributed by atoms with Crippen LogP contribution in [0.1, 0.15) is 6.92 Å². The van der Waals surface area contributed by atoms with E-state index in [-0.39, 0.29) is 0 Å². The van der Waals surface area contributed by atoms with Crippen LogP contribution in [0.25, 0.3) is 0 Å². The van der Waals surface area contributed by atoms with Crippen LogP contribution < -0.4 is 0 Å². The molecule has 0 saturated carbocycles. The maximum absolute atomic E-state index is 12.1. The van der Waals surface area contributed by atoms with Crippen molar-refractivity contribution < 1.29 is 9.53 Å². The van der Waals surface area contributed by atoms with E-state index in [9.17, 15) is 4.79 Å². The maximum atomic E-state index is 12.1. The van der Waals surface area contributed by atoms with Gasteiger partial charge in [-0.25, -0.2) is 4.79 Å². The first-order chi connectivity index (χ1) is 10.6. The average molecular weight is 374 g/mol. The summed E-state index contributed by atoms with van der Waals surface area (Å²) in [6.45, 7) is 2.09. The van der Waals surface area contributed by atoms with Gasteiger partial charge in [0.05, 0.1) is 6.61 Å². The first-order valence-electron chi connectivity index (χ1n) is 6.42. The SMILES string of the molecule is CCOC(=O)N(Sc1ccc(Cl)cc1)Sc1ccc(Cl)cc1. The number of nitrogens with zero attached hydrogens (tertiary/aromatic N) is 1. The van der Waals surface area contributed by atoms with Crippen molar-refractivity contribution in [3.05, 3.63) is 58.6 Å². The molecule has 116 valence electrons. The third-order valence-electron chi connectivity index (χ3n) is 2.42. The molecule has 0 heterocycles. The highest BCUT2D eigenvalue weighted by atomic mass is 35.5. The van der Waals surface area contributed by atoms with Crippen molar-refractivity contribution >= 4 is 53.2 Å². The summed E-state index contributed by atoms with van der Waals surface area (Å²) in [4.78, 5) is 13.9. The molecule has 7 heteroatoms. The van der Waals surface area contributed by atoms with Crippen molar-refractivity contribution in [3.63, 3.8) is 0 Å². The van der Waals surface area contributed by atoms with E-state index in [2.05, 4.69) is 0 Å². The molecular weight excluding hydrogens is 361 g/mol. The normalized spacial score (nSPS) is 10.3. The summed E-state index contributed by atoms with van der Waals surface area (Å²) in [5.74, 6) is 0. The number of hydrogen-bond donors (Lipinski definition) is 0. The Morgan fingerprint density at radius 1 is 0.955 bits per heavy atom. The minimum absolute atomic E-state index is 0.317. The molecule has 2 aromatic carbocycles. The molecule has 0 saturated heterocycles. The second-order valence-electron chi connectivity index (χ2n) is 4.05. The zero-order valence-electron chi connectivity index (χ0n) is 11.7. The number of rotatable bonds is 5. The molecule has 2 aromatic rings. The van der Waals surface area contributed by atoms with Crippen molar-refractivity contribution in [1.29, 1.82) is 0 Å². The fraction of sp³-hybridized carbons (Fsp3) is 0.133. The number of halogens is 2. The van der Waals surface area contributed by atoms with Gasteiger partial charge in [-0.15, -0.1) is 0 Å². The lowest BCUT2D eigenvalue weighted by atomic mass is 10.4. The van der Waals surface area contributed by atoms with E-state index in [1.165, 1.54) is 27.6 Å². The highest BCUT2D eigenvalue weighted by Gasteiger charge is 2.18. The van der Waals surface area contributed by atoms with Gasteiger partial charge in [0.15, 0.2) is 0 Å². The molecule has 1 amide bonds. The molecule has 0 aliphatic rings. The third kappa shape index (κ3) is 5.32. The second-order valence-corrected chi connectivity index (χ2v) is 7.19. The molecule has 22 heavy (non-hydrogen) atoms. The number of benzene rings is 2. The van der Waals surface area contributed by atoms with Gasteiger partial charge in [0.2, 0.25) is 0 Å². The highest BCUT2D eigenvalue weighted by Crippen LogP contribution is 2.35. The van der Waals surface area contributed by atoms with E-state index < -0.39 is 6.09 Å². The molecule has 0 radical (unpaired) electrons. The summed E-state index contributed by atoms with van der Waals surface area (Å²) >= 11 is 14.3. The van der Waals surface area contributed by atoms with E-state index in [1.54, 1.807) is 31.2 Å². The van der Waals surface area contributed by atoms with E-state index >= 15 is 0 Å². The summed E-state index contributed by atoms with van der Waals surface area (Å²) < 4.78 is 6.57. The van der Waals surface area contributed by atoms with Crippen molar-refractivity contribution in [2.45, 2.75) is 16.7 Å². The first-order valence-corrected chi connectivity index (χ1v) is 8.72. The van der Waals surface area contributed by atoms with Crippen LogP contribution >= 0.6 is 47.1 Å². The van der Waals surface area contributed by atoms with Crippen LogP contribution in [0.4, 0.5) is 4.79 Å². The van der Waals surface area contributed by atoms with E-state index in [0.717, 1.165) is 9.79 Å². The number of ether oxygens (including phenoxy) is 1. The minimum atomic E-state index is -0.414. The molecule has 3 nitrogen and oxygen atoms in total. The largest absolute Gasteiger partial charge is 0.448 e. The van der Waals surface area contributed by atoms with Crippen LogP contribution in [-0.2, 0) is 4.74 Å². The zero-order valence-corrected chi connectivity index (χ0v) is 14.8. The lowest BCUT2D eigenvalue weighted by Gasteiger charge is -2.19. The predicted molar refractivity (Wildman–Crippen MR) is 93.5 cm³/mol. The summed E-state index contributed by atoms with van der Waals surface area (Å²) in [6.07, 6.45) is -0.414. The Hall–Kier alpha value is -1.01. The molecule has 0 unspecified atom stereocenters. The maximum Gasteiger partial charge on any atom is 0.430 e. The third-order valence-corrected chi connectivity index (χ3v) is 4.97. The van der Waals surface area contributed by atoms with Gasteiger partial charge in [0.25, 0.3) is 0 Å². The Morgan fingerprint density at radius 3 is 1.73 bits per heavy atom. The molecule has 0 aromatic heterocycles. The van der Waals surface area contributed by atoms with Crippen LogP contribution in [0.2, 0.25) is 10.0 Å². The van der Waals surface area contributed by atoms with Gasteiger partial charge < -0.3 is 4.74 Å². The van der Waals surface area contributed by atoms with E-state index in [1.807, 2.05) is 24.3 Å². The molecule has 0 aliphatic heterocycles. The average Bonchev–Trinajstić information content (AvgIpc) is 2.51. The monoisotopic (exact) mass is 373 g/mol. The molecular formula is C15H13Cl2NO2S2. The summed E-state index contributed by atoms with van der Waals surface area (Å²) in [6, 6.07) is 14.5. The second kappa shape index (κ2) is 8.58. The first kappa shape index (κ1) is 17.3. The molecule has 2 rings (SSSR count). The number of hydrogen-bond acceptors (Lipinski definition) is 4. The Kier molecular flexibility index (Phi) is 6.76. The van der Waals surface area contributed by atoms with Gasteiger partial charge in [-0.2, -0.15) is 3.71 Å². The lowest BCUT2D eigenvalue weighted by Crippen LogP contribution is -2.18. The zero-order chi connectivity index (χ0) is 15.9. The number of amides is 1. The molecule has 0 spiro atoms. The number of carbonyl (C=O) groups excluding carboxylic acids is 1.